The summed E-state index contributed by atoms with van der Waals surface area (Å²) in [5.41, 5.74) is -0.172. The minimum absolute atomic E-state index is 0.0960. The zero-order chi connectivity index (χ0) is 17.1. The molecule has 0 atom stereocenters. The Kier molecular flexibility index (Phi) is 4.64. The molecule has 0 radical (unpaired) electrons. The number of halogens is 1. The Labute approximate surface area is 141 Å². The van der Waals surface area contributed by atoms with E-state index in [1.54, 1.807) is 31.3 Å². The van der Waals surface area contributed by atoms with E-state index in [2.05, 4.69) is 15.3 Å². The molecule has 0 bridgehead atoms. The molecule has 7 nitrogen and oxygen atoms in total. The van der Waals surface area contributed by atoms with Crippen LogP contribution >= 0.6 is 11.6 Å². The molecule has 0 aliphatic rings. The molecule has 0 unspecified atom stereocenters. The summed E-state index contributed by atoms with van der Waals surface area (Å²) in [7, 11) is 1.78. The van der Waals surface area contributed by atoms with Crippen molar-refractivity contribution in [2.24, 2.45) is 0 Å². The van der Waals surface area contributed by atoms with Gasteiger partial charge in [0.25, 0.3) is 5.56 Å². The number of nitrogens with zero attached hydrogens (tertiary/aromatic N) is 2. The minimum Gasteiger partial charge on any atom is -0.476 e. The molecule has 3 rings (SSSR count). The van der Waals surface area contributed by atoms with Gasteiger partial charge in [-0.1, -0.05) is 29.8 Å². The molecule has 0 aliphatic heterocycles. The lowest BCUT2D eigenvalue weighted by atomic mass is 10.2. The van der Waals surface area contributed by atoms with Gasteiger partial charge in [0, 0.05) is 12.6 Å². The Balaban J connectivity index is 2.31. The van der Waals surface area contributed by atoms with Gasteiger partial charge in [-0.05, 0) is 19.2 Å². The number of aromatic amines is 1. The lowest BCUT2D eigenvalue weighted by molar-refractivity contribution is 0.310. The van der Waals surface area contributed by atoms with E-state index >= 15 is 0 Å². The van der Waals surface area contributed by atoms with Gasteiger partial charge in [-0.3, -0.25) is 14.3 Å². The molecule has 0 spiro atoms. The molecule has 0 aliphatic carbocycles. The van der Waals surface area contributed by atoms with Crippen molar-refractivity contribution >= 4 is 22.5 Å². The van der Waals surface area contributed by atoms with Crippen molar-refractivity contribution < 1.29 is 4.74 Å². The third kappa shape index (κ3) is 3.04. The predicted octanol–water partition coefficient (Wildman–Crippen LogP) is 1.33. The van der Waals surface area contributed by atoms with Crippen molar-refractivity contribution in [3.05, 3.63) is 62.4 Å². The SMILES string of the molecule is CNCCOc1nc(Cl)cc2c1c(=O)[nH]c(=O)n2-c1ccccc1. The number of pyridine rings is 1. The second-order valence-electron chi connectivity index (χ2n) is 5.03. The second kappa shape index (κ2) is 6.86. The van der Waals surface area contributed by atoms with Gasteiger partial charge in [-0.25, -0.2) is 9.78 Å². The number of rotatable bonds is 5. The monoisotopic (exact) mass is 346 g/mol. The highest BCUT2D eigenvalue weighted by atomic mass is 35.5. The second-order valence-corrected chi connectivity index (χ2v) is 5.41. The molecule has 0 saturated heterocycles. The maximum absolute atomic E-state index is 12.3. The van der Waals surface area contributed by atoms with Gasteiger partial charge in [0.1, 0.15) is 17.1 Å². The van der Waals surface area contributed by atoms with Crippen LogP contribution in [0, 0.1) is 0 Å². The lowest BCUT2D eigenvalue weighted by Crippen LogP contribution is -2.30. The molecular formula is C16H15ClN4O3. The van der Waals surface area contributed by atoms with Crippen molar-refractivity contribution in [3.63, 3.8) is 0 Å². The smallest absolute Gasteiger partial charge is 0.333 e. The van der Waals surface area contributed by atoms with Gasteiger partial charge in [0.05, 0.1) is 11.2 Å². The fourth-order valence-corrected chi connectivity index (χ4v) is 2.56. The van der Waals surface area contributed by atoms with Crippen LogP contribution in [0.5, 0.6) is 5.88 Å². The van der Waals surface area contributed by atoms with E-state index in [4.69, 9.17) is 16.3 Å². The molecule has 2 aromatic heterocycles. The number of hydrogen-bond donors (Lipinski definition) is 2. The number of likely N-dealkylation sites (N-methyl/N-ethyl adjacent to an activating group) is 1. The Morgan fingerprint density at radius 3 is 2.75 bits per heavy atom. The van der Waals surface area contributed by atoms with Crippen molar-refractivity contribution in [2.75, 3.05) is 20.2 Å². The Morgan fingerprint density at radius 2 is 2.04 bits per heavy atom. The van der Waals surface area contributed by atoms with Crippen LogP contribution in [0.1, 0.15) is 0 Å². The van der Waals surface area contributed by atoms with E-state index in [-0.39, 0.29) is 16.4 Å². The lowest BCUT2D eigenvalue weighted by Gasteiger charge is -2.12. The van der Waals surface area contributed by atoms with Gasteiger partial charge in [0.15, 0.2) is 0 Å². The summed E-state index contributed by atoms with van der Waals surface area (Å²) in [5.74, 6) is 0.0960. The highest BCUT2D eigenvalue weighted by Crippen LogP contribution is 2.24. The number of hydrogen-bond acceptors (Lipinski definition) is 5. The third-order valence-corrected chi connectivity index (χ3v) is 3.62. The van der Waals surface area contributed by atoms with Gasteiger partial charge in [-0.2, -0.15) is 0 Å². The maximum Gasteiger partial charge on any atom is 0.333 e. The van der Waals surface area contributed by atoms with Crippen molar-refractivity contribution in [1.82, 2.24) is 19.9 Å². The highest BCUT2D eigenvalue weighted by molar-refractivity contribution is 6.30. The molecule has 1 aromatic carbocycles. The number of H-pyrrole nitrogens is 1. The first-order valence-corrected chi connectivity index (χ1v) is 7.68. The first-order chi connectivity index (χ1) is 11.6. The Morgan fingerprint density at radius 1 is 1.29 bits per heavy atom. The fraction of sp³-hybridized carbons (Fsp3) is 0.188. The average molecular weight is 347 g/mol. The zero-order valence-corrected chi connectivity index (χ0v) is 13.6. The van der Waals surface area contributed by atoms with Crippen LogP contribution in [0.25, 0.3) is 16.6 Å². The quantitative estimate of drug-likeness (QED) is 0.537. The molecule has 0 amide bonds. The maximum atomic E-state index is 12.3. The van der Waals surface area contributed by atoms with Crippen molar-refractivity contribution in [2.45, 2.75) is 0 Å². The minimum atomic E-state index is -0.564. The molecule has 0 saturated carbocycles. The van der Waals surface area contributed by atoms with Crippen LogP contribution in [0.2, 0.25) is 5.15 Å². The van der Waals surface area contributed by atoms with Crippen molar-refractivity contribution in [3.8, 4) is 11.6 Å². The van der Waals surface area contributed by atoms with Crippen LogP contribution in [-0.2, 0) is 0 Å². The number of benzene rings is 1. The van der Waals surface area contributed by atoms with Crippen LogP contribution in [0.3, 0.4) is 0 Å². The molecule has 2 heterocycles. The number of para-hydroxylation sites is 1. The summed E-state index contributed by atoms with van der Waals surface area (Å²) in [5, 5.41) is 3.25. The summed E-state index contributed by atoms with van der Waals surface area (Å²) >= 11 is 6.07. The van der Waals surface area contributed by atoms with E-state index in [1.165, 1.54) is 10.6 Å². The van der Waals surface area contributed by atoms with Crippen LogP contribution in [0.15, 0.2) is 46.0 Å². The van der Waals surface area contributed by atoms with E-state index < -0.39 is 11.2 Å². The summed E-state index contributed by atoms with van der Waals surface area (Å²) in [6, 6.07) is 10.4. The molecule has 24 heavy (non-hydrogen) atoms. The highest BCUT2D eigenvalue weighted by Gasteiger charge is 2.16. The average Bonchev–Trinajstić information content (AvgIpc) is 2.55. The number of ether oxygens (including phenoxy) is 1. The molecule has 8 heteroatoms. The fourth-order valence-electron chi connectivity index (χ4n) is 2.38. The van der Waals surface area contributed by atoms with E-state index in [9.17, 15) is 9.59 Å². The standard InChI is InChI=1S/C16H15ClN4O3/c1-18-7-8-24-15-13-11(9-12(17)19-15)21(16(23)20-14(13)22)10-5-3-2-4-6-10/h2-6,9,18H,7-8H2,1H3,(H,20,22,23). The summed E-state index contributed by atoms with van der Waals surface area (Å²) in [4.78, 5) is 31.0. The topological polar surface area (TPSA) is 89.0 Å². The van der Waals surface area contributed by atoms with Gasteiger partial charge in [0.2, 0.25) is 5.88 Å². The normalized spacial score (nSPS) is 10.9. The molecule has 2 N–H and O–H groups in total. The molecule has 0 fully saturated rings. The largest absolute Gasteiger partial charge is 0.476 e. The first kappa shape index (κ1) is 16.2. The Bertz CT molecular complexity index is 982. The van der Waals surface area contributed by atoms with E-state index in [1.807, 2.05) is 6.07 Å². The Hall–Kier alpha value is -2.64. The number of fused-ring (bicyclic) bond motifs is 1. The first-order valence-electron chi connectivity index (χ1n) is 7.30. The summed E-state index contributed by atoms with van der Waals surface area (Å²) in [6.45, 7) is 0.884. The summed E-state index contributed by atoms with van der Waals surface area (Å²) in [6.07, 6.45) is 0. The summed E-state index contributed by atoms with van der Waals surface area (Å²) < 4.78 is 6.93. The number of nitrogens with one attached hydrogen (secondary N) is 2. The third-order valence-electron chi connectivity index (χ3n) is 3.43. The molecule has 3 aromatic rings. The van der Waals surface area contributed by atoms with Crippen LogP contribution < -0.4 is 21.3 Å². The van der Waals surface area contributed by atoms with Crippen molar-refractivity contribution in [1.29, 1.82) is 0 Å². The van der Waals surface area contributed by atoms with E-state index in [0.717, 1.165) is 0 Å². The molecule has 124 valence electrons. The predicted molar refractivity (Wildman–Crippen MR) is 92.4 cm³/mol. The van der Waals surface area contributed by atoms with Gasteiger partial charge >= 0.3 is 5.69 Å². The number of aromatic nitrogens is 3. The van der Waals surface area contributed by atoms with Gasteiger partial charge < -0.3 is 10.1 Å². The zero-order valence-electron chi connectivity index (χ0n) is 12.9. The van der Waals surface area contributed by atoms with E-state index in [0.29, 0.717) is 24.4 Å². The van der Waals surface area contributed by atoms with Crippen LogP contribution in [0.4, 0.5) is 0 Å². The molecular weight excluding hydrogens is 332 g/mol. The van der Waals surface area contributed by atoms with Gasteiger partial charge in [-0.15, -0.1) is 0 Å². The van der Waals surface area contributed by atoms with Crippen LogP contribution in [-0.4, -0.2) is 34.7 Å².